The molecule has 1 N–H and O–H groups in total. The fraction of sp³-hybridized carbons (Fsp3) is 0.300. The van der Waals surface area contributed by atoms with Crippen LogP contribution in [0.25, 0.3) is 0 Å². The first kappa shape index (κ1) is 17.8. The molecule has 6 heteroatoms. The average molecular weight is 353 g/mol. The lowest BCUT2D eigenvalue weighted by Gasteiger charge is -2.18. The summed E-state index contributed by atoms with van der Waals surface area (Å²) in [4.78, 5) is 28.0. The summed E-state index contributed by atoms with van der Waals surface area (Å²) in [6.07, 6.45) is 0. The van der Waals surface area contributed by atoms with E-state index in [1.54, 1.807) is 16.9 Å². The van der Waals surface area contributed by atoms with Crippen LogP contribution in [0.2, 0.25) is 0 Å². The van der Waals surface area contributed by atoms with Crippen molar-refractivity contribution in [2.45, 2.75) is 13.5 Å². The molecule has 1 saturated heterocycles. The number of hydrogen-bond donors (Lipinski definition) is 1. The second-order valence-electron chi connectivity index (χ2n) is 6.32. The van der Waals surface area contributed by atoms with Gasteiger partial charge in [-0.1, -0.05) is 29.8 Å². The first-order valence-electron chi connectivity index (χ1n) is 8.59. The van der Waals surface area contributed by atoms with Gasteiger partial charge in [0, 0.05) is 25.3 Å². The molecule has 0 atom stereocenters. The number of rotatable bonds is 6. The smallest absolute Gasteiger partial charge is 0.325 e. The Labute approximate surface area is 153 Å². The number of urea groups is 1. The topological polar surface area (TPSA) is 61.9 Å². The van der Waals surface area contributed by atoms with Crippen molar-refractivity contribution in [1.29, 1.82) is 0 Å². The molecule has 26 heavy (non-hydrogen) atoms. The fourth-order valence-electron chi connectivity index (χ4n) is 2.87. The Bertz CT molecular complexity index is 772. The van der Waals surface area contributed by atoms with Crippen molar-refractivity contribution in [1.82, 2.24) is 10.2 Å². The van der Waals surface area contributed by atoms with E-state index >= 15 is 0 Å². The van der Waals surface area contributed by atoms with Crippen molar-refractivity contribution < 1.29 is 14.3 Å². The molecule has 6 nitrogen and oxygen atoms in total. The Kier molecular flexibility index (Phi) is 5.41. The number of nitrogens with one attached hydrogen (secondary N) is 1. The molecule has 1 heterocycles. The summed E-state index contributed by atoms with van der Waals surface area (Å²) >= 11 is 0. The number of nitrogens with zero attached hydrogens (tertiary/aromatic N) is 2. The molecule has 0 unspecified atom stereocenters. The number of ether oxygens (including phenoxy) is 1. The third-order valence-electron chi connectivity index (χ3n) is 4.42. The van der Waals surface area contributed by atoms with Crippen molar-refractivity contribution in [3.05, 3.63) is 59.7 Å². The predicted octanol–water partition coefficient (Wildman–Crippen LogP) is 2.56. The molecule has 1 aliphatic heterocycles. The molecule has 0 saturated carbocycles. The first-order valence-corrected chi connectivity index (χ1v) is 8.59. The van der Waals surface area contributed by atoms with Gasteiger partial charge in [-0.3, -0.25) is 9.69 Å². The lowest BCUT2D eigenvalue weighted by atomic mass is 10.2. The van der Waals surface area contributed by atoms with Gasteiger partial charge in [0.05, 0.1) is 7.11 Å². The van der Waals surface area contributed by atoms with E-state index in [2.05, 4.69) is 5.32 Å². The second kappa shape index (κ2) is 7.91. The third-order valence-corrected chi connectivity index (χ3v) is 4.42. The molecule has 1 aliphatic rings. The minimum Gasteiger partial charge on any atom is -0.497 e. The molecular formula is C20H23N3O3. The van der Waals surface area contributed by atoms with Gasteiger partial charge in [0.1, 0.15) is 12.3 Å². The highest BCUT2D eigenvalue weighted by Crippen LogP contribution is 2.20. The van der Waals surface area contributed by atoms with E-state index in [1.165, 1.54) is 0 Å². The average Bonchev–Trinajstić information content (AvgIpc) is 3.01. The van der Waals surface area contributed by atoms with Gasteiger partial charge in [-0.05, 0) is 36.8 Å². The lowest BCUT2D eigenvalue weighted by molar-refractivity contribution is -0.121. The van der Waals surface area contributed by atoms with Crippen molar-refractivity contribution in [2.75, 3.05) is 31.6 Å². The molecular weight excluding hydrogens is 330 g/mol. The summed E-state index contributed by atoms with van der Waals surface area (Å²) in [6.45, 7) is 3.63. The van der Waals surface area contributed by atoms with E-state index < -0.39 is 0 Å². The summed E-state index contributed by atoms with van der Waals surface area (Å²) in [5.41, 5.74) is 2.99. The van der Waals surface area contributed by atoms with Crippen LogP contribution in [0.1, 0.15) is 11.1 Å². The molecule has 0 aliphatic carbocycles. The van der Waals surface area contributed by atoms with Gasteiger partial charge in [-0.25, -0.2) is 4.79 Å². The Balaban J connectivity index is 1.51. The number of carbonyl (C=O) groups is 2. The number of benzene rings is 2. The van der Waals surface area contributed by atoms with E-state index in [4.69, 9.17) is 4.74 Å². The van der Waals surface area contributed by atoms with Crippen LogP contribution in [0.15, 0.2) is 48.5 Å². The number of amides is 3. The van der Waals surface area contributed by atoms with Crippen LogP contribution in [-0.4, -0.2) is 43.6 Å². The molecule has 0 bridgehead atoms. The van der Waals surface area contributed by atoms with E-state index in [0.29, 0.717) is 19.6 Å². The van der Waals surface area contributed by atoms with Gasteiger partial charge in [0.2, 0.25) is 5.91 Å². The summed E-state index contributed by atoms with van der Waals surface area (Å²) < 4.78 is 5.11. The molecule has 136 valence electrons. The molecule has 0 radical (unpaired) electrons. The molecule has 0 aromatic heterocycles. The second-order valence-corrected chi connectivity index (χ2v) is 6.32. The number of carbonyl (C=O) groups excluding carboxylic acids is 2. The molecule has 2 aromatic rings. The van der Waals surface area contributed by atoms with Crippen LogP contribution >= 0.6 is 0 Å². The minimum atomic E-state index is -0.167. The van der Waals surface area contributed by atoms with Crippen molar-refractivity contribution >= 4 is 17.6 Å². The number of anilines is 1. The van der Waals surface area contributed by atoms with Gasteiger partial charge >= 0.3 is 6.03 Å². The zero-order valence-electron chi connectivity index (χ0n) is 15.1. The third kappa shape index (κ3) is 4.14. The summed E-state index contributed by atoms with van der Waals surface area (Å²) in [6, 6.07) is 15.2. The molecule has 3 amide bonds. The Morgan fingerprint density at radius 3 is 2.42 bits per heavy atom. The fourth-order valence-corrected chi connectivity index (χ4v) is 2.87. The highest BCUT2D eigenvalue weighted by atomic mass is 16.5. The zero-order chi connectivity index (χ0) is 18.5. The quantitative estimate of drug-likeness (QED) is 0.868. The standard InChI is InChI=1S/C20H23N3O3/c1-15-3-7-17(8-4-15)23-12-11-22(20(23)25)14-19(24)21-13-16-5-9-18(26-2)10-6-16/h3-10H,11-14H2,1-2H3,(H,21,24). The number of hydrogen-bond acceptors (Lipinski definition) is 3. The van der Waals surface area contributed by atoms with Crippen molar-refractivity contribution in [3.63, 3.8) is 0 Å². The van der Waals surface area contributed by atoms with Gasteiger partial charge < -0.3 is 15.0 Å². The normalized spacial score (nSPS) is 13.8. The predicted molar refractivity (Wildman–Crippen MR) is 100 cm³/mol. The van der Waals surface area contributed by atoms with Crippen LogP contribution in [0, 0.1) is 6.92 Å². The van der Waals surface area contributed by atoms with Crippen LogP contribution in [0.4, 0.5) is 10.5 Å². The molecule has 2 aromatic carbocycles. The largest absolute Gasteiger partial charge is 0.497 e. The monoisotopic (exact) mass is 353 g/mol. The van der Waals surface area contributed by atoms with E-state index in [0.717, 1.165) is 22.6 Å². The van der Waals surface area contributed by atoms with Crippen LogP contribution in [0.3, 0.4) is 0 Å². The molecule has 3 rings (SSSR count). The van der Waals surface area contributed by atoms with Crippen LogP contribution in [-0.2, 0) is 11.3 Å². The summed E-state index contributed by atoms with van der Waals surface area (Å²) in [5, 5.41) is 2.85. The Hall–Kier alpha value is -3.02. The van der Waals surface area contributed by atoms with E-state index in [1.807, 2.05) is 55.5 Å². The van der Waals surface area contributed by atoms with Gasteiger partial charge in [-0.2, -0.15) is 0 Å². The lowest BCUT2D eigenvalue weighted by Crippen LogP contribution is -2.39. The summed E-state index contributed by atoms with van der Waals surface area (Å²) in [5.74, 6) is 0.610. The number of methoxy groups -OCH3 is 1. The maximum Gasteiger partial charge on any atom is 0.325 e. The number of aryl methyl sites for hydroxylation is 1. The van der Waals surface area contributed by atoms with Crippen molar-refractivity contribution in [2.24, 2.45) is 0 Å². The van der Waals surface area contributed by atoms with Gasteiger partial charge in [0.25, 0.3) is 0 Å². The highest BCUT2D eigenvalue weighted by molar-refractivity contribution is 5.96. The first-order chi connectivity index (χ1) is 12.6. The Morgan fingerprint density at radius 2 is 1.77 bits per heavy atom. The SMILES string of the molecule is COc1ccc(CNC(=O)CN2CCN(c3ccc(C)cc3)C2=O)cc1. The van der Waals surface area contributed by atoms with Gasteiger partial charge in [-0.15, -0.1) is 0 Å². The Morgan fingerprint density at radius 1 is 1.08 bits per heavy atom. The highest BCUT2D eigenvalue weighted by Gasteiger charge is 2.30. The van der Waals surface area contributed by atoms with Crippen molar-refractivity contribution in [3.8, 4) is 5.75 Å². The maximum absolute atomic E-state index is 12.5. The van der Waals surface area contributed by atoms with Crippen LogP contribution < -0.4 is 15.0 Å². The molecule has 1 fully saturated rings. The van der Waals surface area contributed by atoms with E-state index in [9.17, 15) is 9.59 Å². The van der Waals surface area contributed by atoms with Gasteiger partial charge in [0.15, 0.2) is 0 Å². The molecule has 0 spiro atoms. The zero-order valence-corrected chi connectivity index (χ0v) is 15.1. The van der Waals surface area contributed by atoms with E-state index in [-0.39, 0.29) is 18.5 Å². The summed E-state index contributed by atoms with van der Waals surface area (Å²) in [7, 11) is 1.61. The minimum absolute atomic E-state index is 0.0668. The maximum atomic E-state index is 12.5. The van der Waals surface area contributed by atoms with Crippen LogP contribution in [0.5, 0.6) is 5.75 Å².